The lowest BCUT2D eigenvalue weighted by atomic mass is 9.98. The summed E-state index contributed by atoms with van der Waals surface area (Å²) in [5, 5.41) is 5.12. The first-order valence-electron chi connectivity index (χ1n) is 8.87. The molecule has 0 N–H and O–H groups in total. The topological polar surface area (TPSA) is 55.1 Å². The van der Waals surface area contributed by atoms with Gasteiger partial charge >= 0.3 is 0 Å². The van der Waals surface area contributed by atoms with Crippen LogP contribution < -0.4 is 0 Å². The molecule has 0 aromatic carbocycles. The van der Waals surface area contributed by atoms with Crippen molar-refractivity contribution in [3.63, 3.8) is 0 Å². The molecule has 0 amide bonds. The Morgan fingerprint density at radius 3 is 2.83 bits per heavy atom. The third-order valence-corrected chi connectivity index (χ3v) is 5.36. The molecule has 1 atom stereocenters. The fraction of sp³-hybridized carbons (Fsp3) is 0.611. The summed E-state index contributed by atoms with van der Waals surface area (Å²) < 4.78 is 5.27. The summed E-state index contributed by atoms with van der Waals surface area (Å²) in [5.41, 5.74) is 2.22. The van der Waals surface area contributed by atoms with E-state index in [-0.39, 0.29) is 0 Å². The summed E-state index contributed by atoms with van der Waals surface area (Å²) in [6.45, 7) is 6.11. The number of rotatable bonds is 7. The van der Waals surface area contributed by atoms with Gasteiger partial charge in [-0.1, -0.05) is 36.7 Å². The predicted octanol–water partition coefficient (Wildman–Crippen LogP) is 4.39. The standard InChI is InChI=1S/C18H26N4OS/c1-3-4-9-24-18-19-11-15(12-20-18)13-22-8-6-5-7-17(22)16-10-14(2)23-21-16/h10-12,17H,3-9,13H2,1-2H3. The predicted molar refractivity (Wildman–Crippen MR) is 95.9 cm³/mol. The van der Waals surface area contributed by atoms with Crippen LogP contribution in [-0.4, -0.2) is 32.3 Å². The summed E-state index contributed by atoms with van der Waals surface area (Å²) in [4.78, 5) is 11.5. The molecule has 130 valence electrons. The van der Waals surface area contributed by atoms with Gasteiger partial charge in [-0.15, -0.1) is 0 Å². The SMILES string of the molecule is CCCCSc1ncc(CN2CCCCC2c2cc(C)on2)cn1. The second-order valence-electron chi connectivity index (χ2n) is 6.42. The van der Waals surface area contributed by atoms with E-state index in [1.807, 2.05) is 19.3 Å². The normalized spacial score (nSPS) is 18.8. The molecule has 2 aromatic heterocycles. The minimum Gasteiger partial charge on any atom is -0.361 e. The van der Waals surface area contributed by atoms with Gasteiger partial charge < -0.3 is 4.52 Å². The fourth-order valence-electron chi connectivity index (χ4n) is 3.10. The van der Waals surface area contributed by atoms with Gasteiger partial charge in [-0.2, -0.15) is 0 Å². The van der Waals surface area contributed by atoms with Crippen LogP contribution in [0.4, 0.5) is 0 Å². The molecule has 1 saturated heterocycles. The molecule has 1 fully saturated rings. The van der Waals surface area contributed by atoms with E-state index in [1.165, 1.54) is 31.2 Å². The number of unbranched alkanes of at least 4 members (excludes halogenated alkanes) is 1. The van der Waals surface area contributed by atoms with Crippen molar-refractivity contribution >= 4 is 11.8 Å². The minimum absolute atomic E-state index is 0.342. The van der Waals surface area contributed by atoms with Crippen molar-refractivity contribution in [2.75, 3.05) is 12.3 Å². The van der Waals surface area contributed by atoms with E-state index in [0.29, 0.717) is 6.04 Å². The zero-order valence-corrected chi connectivity index (χ0v) is 15.4. The minimum atomic E-state index is 0.342. The van der Waals surface area contributed by atoms with Gasteiger partial charge in [0.2, 0.25) is 0 Å². The van der Waals surface area contributed by atoms with E-state index in [2.05, 4.69) is 33.0 Å². The lowest BCUT2D eigenvalue weighted by Crippen LogP contribution is -2.33. The number of thioether (sulfide) groups is 1. The van der Waals surface area contributed by atoms with Crippen molar-refractivity contribution in [3.8, 4) is 0 Å². The molecule has 0 saturated carbocycles. The highest BCUT2D eigenvalue weighted by Crippen LogP contribution is 2.31. The highest BCUT2D eigenvalue weighted by molar-refractivity contribution is 7.99. The van der Waals surface area contributed by atoms with E-state index in [1.54, 1.807) is 11.8 Å². The Labute approximate surface area is 148 Å². The molecule has 0 bridgehead atoms. The summed E-state index contributed by atoms with van der Waals surface area (Å²) >= 11 is 1.74. The van der Waals surface area contributed by atoms with Crippen molar-refractivity contribution in [3.05, 3.63) is 35.5 Å². The second-order valence-corrected chi connectivity index (χ2v) is 7.48. The lowest BCUT2D eigenvalue weighted by molar-refractivity contribution is 0.133. The van der Waals surface area contributed by atoms with Crippen LogP contribution in [-0.2, 0) is 6.54 Å². The van der Waals surface area contributed by atoms with Crippen molar-refractivity contribution in [2.24, 2.45) is 0 Å². The van der Waals surface area contributed by atoms with Crippen LogP contribution in [0.3, 0.4) is 0 Å². The van der Waals surface area contributed by atoms with Gasteiger partial charge in [0.05, 0.1) is 6.04 Å². The first-order valence-corrected chi connectivity index (χ1v) is 9.86. The Bertz CT molecular complexity index is 628. The van der Waals surface area contributed by atoms with Crippen molar-refractivity contribution < 1.29 is 4.52 Å². The Morgan fingerprint density at radius 2 is 2.12 bits per heavy atom. The molecule has 3 heterocycles. The van der Waals surface area contributed by atoms with Crippen LogP contribution in [0.5, 0.6) is 0 Å². The van der Waals surface area contributed by atoms with Crippen LogP contribution in [0.1, 0.15) is 62.1 Å². The van der Waals surface area contributed by atoms with E-state index >= 15 is 0 Å². The highest BCUT2D eigenvalue weighted by atomic mass is 32.2. The number of likely N-dealkylation sites (tertiary alicyclic amines) is 1. The summed E-state index contributed by atoms with van der Waals surface area (Å²) in [6.07, 6.45) is 9.99. The molecule has 3 rings (SSSR count). The highest BCUT2D eigenvalue weighted by Gasteiger charge is 2.26. The molecule has 2 aromatic rings. The van der Waals surface area contributed by atoms with Crippen LogP contribution in [0.2, 0.25) is 0 Å². The number of aryl methyl sites for hydroxylation is 1. The molecule has 1 aliphatic rings. The molecule has 0 spiro atoms. The molecule has 0 radical (unpaired) electrons. The quantitative estimate of drug-likeness (QED) is 0.421. The molecule has 5 nitrogen and oxygen atoms in total. The maximum absolute atomic E-state index is 5.27. The monoisotopic (exact) mass is 346 g/mol. The van der Waals surface area contributed by atoms with Gasteiger partial charge in [-0.25, -0.2) is 9.97 Å². The van der Waals surface area contributed by atoms with Gasteiger partial charge in [0.15, 0.2) is 5.16 Å². The third kappa shape index (κ3) is 4.57. The Morgan fingerprint density at radius 1 is 1.29 bits per heavy atom. The second kappa shape index (κ2) is 8.62. The first-order chi connectivity index (χ1) is 11.8. The molecule has 1 unspecified atom stereocenters. The zero-order valence-electron chi connectivity index (χ0n) is 14.6. The number of nitrogens with zero attached hydrogens (tertiary/aromatic N) is 4. The van der Waals surface area contributed by atoms with Crippen LogP contribution in [0.25, 0.3) is 0 Å². The first kappa shape index (κ1) is 17.4. The summed E-state index contributed by atoms with van der Waals surface area (Å²) in [7, 11) is 0. The van der Waals surface area contributed by atoms with Gasteiger partial charge in [0.1, 0.15) is 11.5 Å². The van der Waals surface area contributed by atoms with E-state index in [9.17, 15) is 0 Å². The largest absolute Gasteiger partial charge is 0.361 e. The van der Waals surface area contributed by atoms with E-state index in [4.69, 9.17) is 4.52 Å². The fourth-order valence-corrected chi connectivity index (χ4v) is 3.97. The molecular weight excluding hydrogens is 320 g/mol. The number of hydrogen-bond acceptors (Lipinski definition) is 6. The summed E-state index contributed by atoms with van der Waals surface area (Å²) in [5.74, 6) is 1.97. The van der Waals surface area contributed by atoms with Gasteiger partial charge in [0, 0.05) is 36.3 Å². The van der Waals surface area contributed by atoms with Crippen LogP contribution >= 0.6 is 11.8 Å². The van der Waals surface area contributed by atoms with Crippen molar-refractivity contribution in [1.29, 1.82) is 0 Å². The van der Waals surface area contributed by atoms with Crippen molar-refractivity contribution in [1.82, 2.24) is 20.0 Å². The maximum Gasteiger partial charge on any atom is 0.187 e. The smallest absolute Gasteiger partial charge is 0.187 e. The van der Waals surface area contributed by atoms with Gasteiger partial charge in [-0.3, -0.25) is 4.90 Å². The van der Waals surface area contributed by atoms with Crippen LogP contribution in [0.15, 0.2) is 28.1 Å². The molecular formula is C18H26N4OS. The molecule has 1 aliphatic heterocycles. The number of piperidine rings is 1. The third-order valence-electron chi connectivity index (χ3n) is 4.40. The molecule has 6 heteroatoms. The van der Waals surface area contributed by atoms with E-state index < -0.39 is 0 Å². The Hall–Kier alpha value is -1.40. The van der Waals surface area contributed by atoms with Crippen molar-refractivity contribution in [2.45, 2.75) is 63.7 Å². The van der Waals surface area contributed by atoms with Gasteiger partial charge in [0.25, 0.3) is 0 Å². The number of hydrogen-bond donors (Lipinski definition) is 0. The van der Waals surface area contributed by atoms with Crippen LogP contribution in [0, 0.1) is 6.92 Å². The number of aromatic nitrogens is 3. The zero-order chi connectivity index (χ0) is 16.8. The Kier molecular flexibility index (Phi) is 6.26. The average Bonchev–Trinajstić information content (AvgIpc) is 3.03. The molecule has 24 heavy (non-hydrogen) atoms. The maximum atomic E-state index is 5.27. The average molecular weight is 346 g/mol. The van der Waals surface area contributed by atoms with Gasteiger partial charge in [-0.05, 0) is 32.7 Å². The Balaban J connectivity index is 1.62. The molecule has 0 aliphatic carbocycles. The lowest BCUT2D eigenvalue weighted by Gasteiger charge is -2.34. The summed E-state index contributed by atoms with van der Waals surface area (Å²) in [6, 6.07) is 2.40. The van der Waals surface area contributed by atoms with E-state index in [0.717, 1.165) is 41.9 Å².